The average molecular weight is 330 g/mol. The zero-order chi connectivity index (χ0) is 14.2. The summed E-state index contributed by atoms with van der Waals surface area (Å²) in [6, 6.07) is 15.2. The third-order valence-corrected chi connectivity index (χ3v) is 4.71. The number of fused-ring (bicyclic) bond motifs is 1. The van der Waals surface area contributed by atoms with Crippen LogP contribution in [-0.2, 0) is 24.8 Å². The van der Waals surface area contributed by atoms with Gasteiger partial charge in [0, 0.05) is 10.0 Å². The summed E-state index contributed by atoms with van der Waals surface area (Å²) >= 11 is 3.53. The molecule has 1 nitrogen and oxygen atoms in total. The van der Waals surface area contributed by atoms with Crippen LogP contribution >= 0.6 is 15.9 Å². The van der Waals surface area contributed by atoms with Crippen molar-refractivity contribution in [1.29, 1.82) is 0 Å². The highest BCUT2D eigenvalue weighted by Gasteiger charge is 2.22. The van der Waals surface area contributed by atoms with Crippen LogP contribution in [0.4, 0.5) is 0 Å². The molecule has 0 fully saturated rings. The number of hydrogen-bond acceptors (Lipinski definition) is 1. The zero-order valence-corrected chi connectivity index (χ0v) is 13.4. The minimum Gasteiger partial charge on any atom is -0.321 e. The van der Waals surface area contributed by atoms with Gasteiger partial charge in [-0.1, -0.05) is 46.3 Å². The SMILES string of the molecule is CC(N)(Cc1ccc2c(c1)CCC2)c1cccc(Br)c1. The summed E-state index contributed by atoms with van der Waals surface area (Å²) in [5, 5.41) is 0. The molecule has 3 rings (SSSR count). The van der Waals surface area contributed by atoms with Gasteiger partial charge in [0.1, 0.15) is 0 Å². The van der Waals surface area contributed by atoms with Gasteiger partial charge in [-0.3, -0.25) is 0 Å². The molecule has 0 heterocycles. The molecule has 0 aromatic heterocycles. The minimum absolute atomic E-state index is 0.337. The third-order valence-electron chi connectivity index (χ3n) is 4.22. The van der Waals surface area contributed by atoms with Crippen LogP contribution in [0.1, 0.15) is 35.6 Å². The van der Waals surface area contributed by atoms with E-state index in [9.17, 15) is 0 Å². The fourth-order valence-electron chi connectivity index (χ4n) is 3.10. The standard InChI is InChI=1S/C18H20BrN/c1-18(20,16-6-3-7-17(19)11-16)12-13-8-9-14-4-2-5-15(14)10-13/h3,6-11H,2,4-5,12,20H2,1H3. The van der Waals surface area contributed by atoms with Crippen LogP contribution in [0.15, 0.2) is 46.9 Å². The van der Waals surface area contributed by atoms with E-state index in [0.717, 1.165) is 10.9 Å². The lowest BCUT2D eigenvalue weighted by Gasteiger charge is -2.26. The normalized spacial score (nSPS) is 16.8. The first-order valence-corrected chi connectivity index (χ1v) is 7.99. The second-order valence-corrected chi connectivity index (χ2v) is 6.98. The Bertz CT molecular complexity index is 631. The highest BCUT2D eigenvalue weighted by atomic mass is 79.9. The number of rotatable bonds is 3. The predicted octanol–water partition coefficient (Wildman–Crippen LogP) is 4.35. The molecule has 0 saturated heterocycles. The summed E-state index contributed by atoms with van der Waals surface area (Å²) in [7, 11) is 0. The number of benzene rings is 2. The van der Waals surface area contributed by atoms with E-state index in [4.69, 9.17) is 5.73 Å². The summed E-state index contributed by atoms with van der Waals surface area (Å²) in [5.41, 5.74) is 11.8. The maximum absolute atomic E-state index is 6.56. The van der Waals surface area contributed by atoms with Crippen molar-refractivity contribution in [2.75, 3.05) is 0 Å². The summed E-state index contributed by atoms with van der Waals surface area (Å²) < 4.78 is 1.08. The van der Waals surface area contributed by atoms with Crippen LogP contribution in [0.5, 0.6) is 0 Å². The van der Waals surface area contributed by atoms with E-state index in [-0.39, 0.29) is 5.54 Å². The van der Waals surface area contributed by atoms with Gasteiger partial charge in [-0.05, 0) is 67.0 Å². The summed E-state index contributed by atoms with van der Waals surface area (Å²) in [6.07, 6.45) is 4.63. The maximum Gasteiger partial charge on any atom is 0.0422 e. The van der Waals surface area contributed by atoms with Crippen molar-refractivity contribution in [3.05, 3.63) is 69.2 Å². The molecular weight excluding hydrogens is 310 g/mol. The Balaban J connectivity index is 1.86. The Morgan fingerprint density at radius 1 is 1.10 bits per heavy atom. The summed E-state index contributed by atoms with van der Waals surface area (Å²) in [5.74, 6) is 0. The van der Waals surface area contributed by atoms with Crippen LogP contribution in [0, 0.1) is 0 Å². The van der Waals surface area contributed by atoms with Crippen molar-refractivity contribution in [3.8, 4) is 0 Å². The van der Waals surface area contributed by atoms with Gasteiger partial charge in [0.2, 0.25) is 0 Å². The molecule has 1 aliphatic rings. The Morgan fingerprint density at radius 3 is 2.70 bits per heavy atom. The number of nitrogens with two attached hydrogens (primary N) is 1. The van der Waals surface area contributed by atoms with Gasteiger partial charge in [0.15, 0.2) is 0 Å². The second-order valence-electron chi connectivity index (χ2n) is 6.06. The summed E-state index contributed by atoms with van der Waals surface area (Å²) in [4.78, 5) is 0. The van der Waals surface area contributed by atoms with E-state index >= 15 is 0 Å². The van der Waals surface area contributed by atoms with Crippen LogP contribution in [0.2, 0.25) is 0 Å². The largest absolute Gasteiger partial charge is 0.321 e. The number of halogens is 1. The van der Waals surface area contributed by atoms with E-state index in [1.165, 1.54) is 41.5 Å². The van der Waals surface area contributed by atoms with E-state index < -0.39 is 0 Å². The molecule has 104 valence electrons. The molecule has 1 unspecified atom stereocenters. The first kappa shape index (κ1) is 13.8. The van der Waals surface area contributed by atoms with Gasteiger partial charge in [-0.15, -0.1) is 0 Å². The van der Waals surface area contributed by atoms with Crippen molar-refractivity contribution in [3.63, 3.8) is 0 Å². The molecule has 2 heteroatoms. The van der Waals surface area contributed by atoms with Gasteiger partial charge in [-0.25, -0.2) is 0 Å². The maximum atomic E-state index is 6.56. The smallest absolute Gasteiger partial charge is 0.0422 e. The van der Waals surface area contributed by atoms with Crippen molar-refractivity contribution in [1.82, 2.24) is 0 Å². The molecule has 20 heavy (non-hydrogen) atoms. The molecule has 0 aliphatic heterocycles. The van der Waals surface area contributed by atoms with Crippen molar-refractivity contribution in [2.45, 2.75) is 38.1 Å². The van der Waals surface area contributed by atoms with Crippen molar-refractivity contribution >= 4 is 15.9 Å². The first-order valence-electron chi connectivity index (χ1n) is 7.20. The Hall–Kier alpha value is -1.12. The van der Waals surface area contributed by atoms with E-state index in [2.05, 4.69) is 53.2 Å². The fourth-order valence-corrected chi connectivity index (χ4v) is 3.50. The lowest BCUT2D eigenvalue weighted by atomic mass is 9.86. The molecule has 0 amide bonds. The highest BCUT2D eigenvalue weighted by Crippen LogP contribution is 2.28. The van der Waals surface area contributed by atoms with Gasteiger partial charge >= 0.3 is 0 Å². The molecule has 0 radical (unpaired) electrons. The Labute approximate surface area is 129 Å². The van der Waals surface area contributed by atoms with E-state index in [1.54, 1.807) is 0 Å². The molecule has 0 spiro atoms. The topological polar surface area (TPSA) is 26.0 Å². The molecule has 1 aliphatic carbocycles. The van der Waals surface area contributed by atoms with Crippen LogP contribution < -0.4 is 5.73 Å². The monoisotopic (exact) mass is 329 g/mol. The molecular formula is C18H20BrN. The fraction of sp³-hybridized carbons (Fsp3) is 0.333. The number of hydrogen-bond donors (Lipinski definition) is 1. The highest BCUT2D eigenvalue weighted by molar-refractivity contribution is 9.10. The third kappa shape index (κ3) is 2.82. The molecule has 2 aromatic carbocycles. The lowest BCUT2D eigenvalue weighted by molar-refractivity contribution is 0.491. The van der Waals surface area contributed by atoms with Gasteiger partial charge in [0.05, 0.1) is 0 Å². The molecule has 1 atom stereocenters. The quantitative estimate of drug-likeness (QED) is 0.889. The van der Waals surface area contributed by atoms with E-state index in [1.807, 2.05) is 12.1 Å². The zero-order valence-electron chi connectivity index (χ0n) is 11.8. The van der Waals surface area contributed by atoms with E-state index in [0.29, 0.717) is 0 Å². The lowest BCUT2D eigenvalue weighted by Crippen LogP contribution is -2.35. The number of aryl methyl sites for hydroxylation is 2. The first-order chi connectivity index (χ1) is 9.54. The average Bonchev–Trinajstić information content (AvgIpc) is 2.85. The van der Waals surface area contributed by atoms with Gasteiger partial charge in [-0.2, -0.15) is 0 Å². The minimum atomic E-state index is -0.337. The molecule has 2 N–H and O–H groups in total. The Morgan fingerprint density at radius 2 is 1.90 bits per heavy atom. The van der Waals surface area contributed by atoms with Crippen molar-refractivity contribution < 1.29 is 0 Å². The van der Waals surface area contributed by atoms with Crippen LogP contribution in [-0.4, -0.2) is 0 Å². The van der Waals surface area contributed by atoms with Gasteiger partial charge in [0.25, 0.3) is 0 Å². The molecule has 0 bridgehead atoms. The predicted molar refractivity (Wildman–Crippen MR) is 87.9 cm³/mol. The second kappa shape index (κ2) is 5.34. The van der Waals surface area contributed by atoms with Crippen molar-refractivity contribution in [2.24, 2.45) is 5.73 Å². The van der Waals surface area contributed by atoms with Crippen LogP contribution in [0.25, 0.3) is 0 Å². The molecule has 0 saturated carbocycles. The molecule has 2 aromatic rings. The van der Waals surface area contributed by atoms with Crippen LogP contribution in [0.3, 0.4) is 0 Å². The van der Waals surface area contributed by atoms with Gasteiger partial charge < -0.3 is 5.73 Å². The summed E-state index contributed by atoms with van der Waals surface area (Å²) in [6.45, 7) is 2.11. The Kier molecular flexibility index (Phi) is 3.70.